The van der Waals surface area contributed by atoms with Crippen molar-refractivity contribution in [3.63, 3.8) is 0 Å². The van der Waals surface area contributed by atoms with E-state index in [1.54, 1.807) is 19.4 Å². The Kier molecular flexibility index (Phi) is 7.26. The maximum atomic E-state index is 12.8. The quantitative estimate of drug-likeness (QED) is 0.303. The van der Waals surface area contributed by atoms with Crippen LogP contribution >= 0.6 is 0 Å². The first-order chi connectivity index (χ1) is 19.6. The summed E-state index contributed by atoms with van der Waals surface area (Å²) in [4.78, 5) is 27.3. The van der Waals surface area contributed by atoms with E-state index in [-0.39, 0.29) is 5.56 Å². The second-order valence-electron chi connectivity index (χ2n) is 9.79. The van der Waals surface area contributed by atoms with Crippen LogP contribution in [0.1, 0.15) is 5.56 Å². The normalized spacial score (nSPS) is 13.9. The van der Waals surface area contributed by atoms with Crippen LogP contribution in [0.4, 0.5) is 11.5 Å². The van der Waals surface area contributed by atoms with E-state index in [2.05, 4.69) is 50.5 Å². The first-order valence-electron chi connectivity index (χ1n) is 13.3. The molecular weight excluding hydrogens is 506 g/mol. The number of hydrogen-bond donors (Lipinski definition) is 2. The van der Waals surface area contributed by atoms with Crippen molar-refractivity contribution in [2.24, 2.45) is 0 Å². The van der Waals surface area contributed by atoms with Gasteiger partial charge < -0.3 is 19.8 Å². The number of hydrogen-bond acceptors (Lipinski definition) is 8. The molecular formula is C30H31N7O3. The number of fused-ring (bicyclic) bond motifs is 1. The second-order valence-corrected chi connectivity index (χ2v) is 9.79. The molecule has 1 aromatic carbocycles. The maximum Gasteiger partial charge on any atom is 0.259 e. The molecule has 10 nitrogen and oxygen atoms in total. The van der Waals surface area contributed by atoms with Crippen molar-refractivity contribution in [2.45, 2.75) is 13.5 Å². The summed E-state index contributed by atoms with van der Waals surface area (Å²) < 4.78 is 12.7. The number of aromatic amines is 1. The molecule has 1 aliphatic heterocycles. The summed E-state index contributed by atoms with van der Waals surface area (Å²) in [5, 5.41) is 9.21. The summed E-state index contributed by atoms with van der Waals surface area (Å²) >= 11 is 0. The van der Waals surface area contributed by atoms with Crippen LogP contribution in [-0.4, -0.2) is 69.6 Å². The van der Waals surface area contributed by atoms with Crippen LogP contribution < -0.4 is 15.6 Å². The van der Waals surface area contributed by atoms with Crippen molar-refractivity contribution in [2.75, 3.05) is 45.3 Å². The molecule has 204 valence electrons. The van der Waals surface area contributed by atoms with Gasteiger partial charge in [0, 0.05) is 49.3 Å². The molecule has 0 amide bonds. The predicted molar refractivity (Wildman–Crippen MR) is 155 cm³/mol. The SMILES string of the molecule is COc1cccc(-c2cc3cc[nH]c(=O)c3c(Nc3ccc(-c4cnn(CCN5CCOCC5)c4)c(C)c3)n2)n1. The second kappa shape index (κ2) is 11.3. The van der Waals surface area contributed by atoms with Gasteiger partial charge >= 0.3 is 0 Å². The Balaban J connectivity index is 1.26. The average molecular weight is 538 g/mol. The summed E-state index contributed by atoms with van der Waals surface area (Å²) in [6.45, 7) is 7.40. The molecule has 4 aromatic heterocycles. The van der Waals surface area contributed by atoms with Gasteiger partial charge in [-0.1, -0.05) is 12.1 Å². The fourth-order valence-electron chi connectivity index (χ4n) is 5.00. The number of aromatic nitrogens is 5. The van der Waals surface area contributed by atoms with Gasteiger partial charge in [-0.3, -0.25) is 14.4 Å². The number of ether oxygens (including phenoxy) is 2. The number of aryl methyl sites for hydroxylation is 1. The van der Waals surface area contributed by atoms with Crippen molar-refractivity contribution in [3.05, 3.63) is 83.0 Å². The summed E-state index contributed by atoms with van der Waals surface area (Å²) in [6.07, 6.45) is 5.64. The van der Waals surface area contributed by atoms with E-state index in [9.17, 15) is 4.79 Å². The van der Waals surface area contributed by atoms with Gasteiger partial charge in [0.05, 0.1) is 49.8 Å². The molecule has 0 radical (unpaired) electrons. The van der Waals surface area contributed by atoms with Gasteiger partial charge in [0.1, 0.15) is 5.82 Å². The lowest BCUT2D eigenvalue weighted by Gasteiger charge is -2.26. The zero-order valence-electron chi connectivity index (χ0n) is 22.6. The number of rotatable bonds is 8. The lowest BCUT2D eigenvalue weighted by atomic mass is 10.0. The Bertz CT molecular complexity index is 1710. The highest BCUT2D eigenvalue weighted by Gasteiger charge is 2.14. The monoisotopic (exact) mass is 537 g/mol. The van der Waals surface area contributed by atoms with Crippen LogP contribution in [0.3, 0.4) is 0 Å². The van der Waals surface area contributed by atoms with E-state index >= 15 is 0 Å². The topological polar surface area (TPSA) is 110 Å². The summed E-state index contributed by atoms with van der Waals surface area (Å²) in [7, 11) is 1.58. The highest BCUT2D eigenvalue weighted by molar-refractivity contribution is 5.95. The van der Waals surface area contributed by atoms with Crippen LogP contribution in [0.15, 0.2) is 71.9 Å². The van der Waals surface area contributed by atoms with Gasteiger partial charge in [0.2, 0.25) is 5.88 Å². The Morgan fingerprint density at radius 3 is 2.75 bits per heavy atom. The molecule has 0 bridgehead atoms. The van der Waals surface area contributed by atoms with E-state index in [0.717, 1.165) is 67.2 Å². The van der Waals surface area contributed by atoms with Gasteiger partial charge in [0.25, 0.3) is 5.56 Å². The fourth-order valence-corrected chi connectivity index (χ4v) is 5.00. The average Bonchev–Trinajstić information content (AvgIpc) is 3.45. The number of morpholine rings is 1. The largest absolute Gasteiger partial charge is 0.481 e. The molecule has 1 aliphatic rings. The predicted octanol–water partition coefficient (Wildman–Crippen LogP) is 4.24. The van der Waals surface area contributed by atoms with E-state index in [4.69, 9.17) is 14.5 Å². The van der Waals surface area contributed by atoms with Crippen LogP contribution in [0.25, 0.3) is 33.3 Å². The minimum Gasteiger partial charge on any atom is -0.481 e. The standard InChI is InChI=1S/C30H31N7O3/c1-20-16-23(6-7-24(20)22-18-32-37(19-22)11-10-36-12-14-40-15-13-36)33-29-28-21(8-9-31-30(28)38)17-26(35-29)25-4-3-5-27(34-25)39-2/h3-9,16-19H,10-15H2,1-2H3,(H,31,38)(H,33,35). The molecule has 0 spiro atoms. The summed E-state index contributed by atoms with van der Waals surface area (Å²) in [5.41, 5.74) is 5.16. The third kappa shape index (κ3) is 5.45. The molecule has 2 N–H and O–H groups in total. The van der Waals surface area contributed by atoms with E-state index < -0.39 is 0 Å². The number of anilines is 2. The van der Waals surface area contributed by atoms with Gasteiger partial charge in [-0.25, -0.2) is 9.97 Å². The number of methoxy groups -OCH3 is 1. The van der Waals surface area contributed by atoms with Crippen LogP contribution in [0.2, 0.25) is 0 Å². The Hall–Kier alpha value is -4.54. The van der Waals surface area contributed by atoms with Gasteiger partial charge in [-0.2, -0.15) is 5.10 Å². The van der Waals surface area contributed by atoms with Crippen LogP contribution in [-0.2, 0) is 11.3 Å². The number of benzene rings is 1. The fraction of sp³-hybridized carbons (Fsp3) is 0.267. The molecule has 5 aromatic rings. The third-order valence-electron chi connectivity index (χ3n) is 7.13. The molecule has 0 saturated carbocycles. The first kappa shape index (κ1) is 25.7. The lowest BCUT2D eigenvalue weighted by molar-refractivity contribution is 0.0360. The maximum absolute atomic E-state index is 12.8. The minimum atomic E-state index is -0.213. The van der Waals surface area contributed by atoms with Gasteiger partial charge in [0.15, 0.2) is 0 Å². The summed E-state index contributed by atoms with van der Waals surface area (Å²) in [6, 6.07) is 15.4. The van der Waals surface area contributed by atoms with E-state index in [1.165, 1.54) is 0 Å². The van der Waals surface area contributed by atoms with Crippen molar-refractivity contribution in [1.29, 1.82) is 0 Å². The molecule has 1 fully saturated rings. The summed E-state index contributed by atoms with van der Waals surface area (Å²) in [5.74, 6) is 0.956. The number of pyridine rings is 3. The molecule has 10 heteroatoms. The van der Waals surface area contributed by atoms with Gasteiger partial charge in [-0.05, 0) is 53.8 Å². The Labute approximate surface area is 231 Å². The third-order valence-corrected chi connectivity index (χ3v) is 7.13. The molecule has 0 unspecified atom stereocenters. The number of nitrogens with one attached hydrogen (secondary N) is 2. The zero-order chi connectivity index (χ0) is 27.5. The minimum absolute atomic E-state index is 0.213. The first-order valence-corrected chi connectivity index (χ1v) is 13.3. The molecule has 1 saturated heterocycles. The molecule has 6 rings (SSSR count). The van der Waals surface area contributed by atoms with Crippen molar-refractivity contribution in [1.82, 2.24) is 29.6 Å². The highest BCUT2D eigenvalue weighted by Crippen LogP contribution is 2.30. The highest BCUT2D eigenvalue weighted by atomic mass is 16.5. The van der Waals surface area contributed by atoms with E-state index in [0.29, 0.717) is 28.5 Å². The van der Waals surface area contributed by atoms with Gasteiger partial charge in [-0.15, -0.1) is 0 Å². The van der Waals surface area contributed by atoms with Crippen molar-refractivity contribution < 1.29 is 9.47 Å². The van der Waals surface area contributed by atoms with Crippen LogP contribution in [0.5, 0.6) is 5.88 Å². The molecule has 5 heterocycles. The molecule has 0 aliphatic carbocycles. The number of nitrogens with zero attached hydrogens (tertiary/aromatic N) is 5. The number of H-pyrrole nitrogens is 1. The van der Waals surface area contributed by atoms with Crippen molar-refractivity contribution in [3.8, 4) is 28.4 Å². The van der Waals surface area contributed by atoms with Crippen LogP contribution in [0, 0.1) is 6.92 Å². The molecule has 40 heavy (non-hydrogen) atoms. The zero-order valence-corrected chi connectivity index (χ0v) is 22.6. The lowest BCUT2D eigenvalue weighted by Crippen LogP contribution is -2.38. The molecule has 0 atom stereocenters. The Morgan fingerprint density at radius 2 is 1.93 bits per heavy atom. The van der Waals surface area contributed by atoms with E-state index in [1.807, 2.05) is 41.2 Å². The van der Waals surface area contributed by atoms with Crippen molar-refractivity contribution >= 4 is 22.3 Å². The Morgan fingerprint density at radius 1 is 1.05 bits per heavy atom. The smallest absolute Gasteiger partial charge is 0.259 e.